The molecule has 0 saturated heterocycles. The van der Waals surface area contributed by atoms with E-state index < -0.39 is 0 Å². The van der Waals surface area contributed by atoms with Crippen LogP contribution in [0, 0.1) is 10.8 Å². The highest BCUT2D eigenvalue weighted by molar-refractivity contribution is 5.65. The topological polar surface area (TPSA) is 17.1 Å². The molecule has 68 valence electrons. The van der Waals surface area contributed by atoms with Gasteiger partial charge in [-0.2, -0.15) is 0 Å². The Morgan fingerprint density at radius 2 is 1.58 bits per heavy atom. The predicted octanol–water partition coefficient (Wildman–Crippen LogP) is 2.94. The van der Waals surface area contributed by atoms with Crippen molar-refractivity contribution >= 4 is 6.29 Å². The summed E-state index contributed by atoms with van der Waals surface area (Å²) in [5, 5.41) is 0. The van der Waals surface area contributed by atoms with Gasteiger partial charge in [-0.15, -0.1) is 0 Å². The molecular formula is C11H18O. The summed E-state index contributed by atoms with van der Waals surface area (Å²) in [5.41, 5.74) is 0.487. The molecule has 0 radical (unpaired) electrons. The Kier molecular flexibility index (Phi) is 1.78. The molecule has 0 spiro atoms. The van der Waals surface area contributed by atoms with Crippen molar-refractivity contribution in [2.75, 3.05) is 0 Å². The minimum atomic E-state index is 0.118. The van der Waals surface area contributed by atoms with Gasteiger partial charge >= 0.3 is 0 Å². The third kappa shape index (κ3) is 1.02. The number of hydrogen-bond acceptors (Lipinski definition) is 1. The third-order valence-electron chi connectivity index (χ3n) is 4.17. The van der Waals surface area contributed by atoms with Crippen molar-refractivity contribution in [2.24, 2.45) is 10.8 Å². The first-order valence-corrected chi connectivity index (χ1v) is 5.19. The Morgan fingerprint density at radius 3 is 2.00 bits per heavy atom. The summed E-state index contributed by atoms with van der Waals surface area (Å²) in [6.07, 6.45) is 10.2. The van der Waals surface area contributed by atoms with Crippen molar-refractivity contribution in [3.63, 3.8) is 0 Å². The van der Waals surface area contributed by atoms with Crippen LogP contribution in [0.25, 0.3) is 0 Å². The van der Waals surface area contributed by atoms with Gasteiger partial charge in [-0.1, -0.05) is 26.2 Å². The highest BCUT2D eigenvalue weighted by Crippen LogP contribution is 2.62. The molecule has 0 aromatic heterocycles. The lowest BCUT2D eigenvalue weighted by Crippen LogP contribution is -2.32. The molecule has 12 heavy (non-hydrogen) atoms. The Balaban J connectivity index is 2.13. The van der Waals surface area contributed by atoms with Crippen molar-refractivity contribution in [3.05, 3.63) is 0 Å². The molecule has 0 heterocycles. The van der Waals surface area contributed by atoms with E-state index in [9.17, 15) is 4.79 Å². The van der Waals surface area contributed by atoms with Crippen LogP contribution in [-0.4, -0.2) is 6.29 Å². The number of carbonyl (C=O) groups is 1. The first-order chi connectivity index (χ1) is 5.72. The van der Waals surface area contributed by atoms with Crippen LogP contribution in [-0.2, 0) is 4.79 Å². The second-order valence-electron chi connectivity index (χ2n) is 4.90. The summed E-state index contributed by atoms with van der Waals surface area (Å²) < 4.78 is 0. The fourth-order valence-electron chi connectivity index (χ4n) is 2.83. The lowest BCUT2D eigenvalue weighted by atomic mass is 9.65. The van der Waals surface area contributed by atoms with E-state index in [1.54, 1.807) is 0 Å². The van der Waals surface area contributed by atoms with Crippen LogP contribution in [0.3, 0.4) is 0 Å². The summed E-state index contributed by atoms with van der Waals surface area (Å²) in [4.78, 5) is 11.0. The van der Waals surface area contributed by atoms with Crippen LogP contribution in [0.15, 0.2) is 0 Å². The van der Waals surface area contributed by atoms with E-state index in [2.05, 4.69) is 6.92 Å². The van der Waals surface area contributed by atoms with Gasteiger partial charge in [-0.05, 0) is 31.1 Å². The average Bonchev–Trinajstić information content (AvgIpc) is 2.86. The van der Waals surface area contributed by atoms with Crippen molar-refractivity contribution in [3.8, 4) is 0 Å². The summed E-state index contributed by atoms with van der Waals surface area (Å²) in [5.74, 6) is 0. The normalized spacial score (nSPS) is 31.1. The number of carbonyl (C=O) groups excluding carboxylic acids is 1. The molecule has 2 aliphatic carbocycles. The maximum Gasteiger partial charge on any atom is 0.126 e. The van der Waals surface area contributed by atoms with E-state index in [1.807, 2.05) is 0 Å². The van der Waals surface area contributed by atoms with Gasteiger partial charge in [0.2, 0.25) is 0 Å². The summed E-state index contributed by atoms with van der Waals surface area (Å²) in [6, 6.07) is 0. The number of aldehydes is 1. The van der Waals surface area contributed by atoms with Crippen LogP contribution in [0.4, 0.5) is 0 Å². The largest absolute Gasteiger partial charge is 0.303 e. The molecule has 1 nitrogen and oxygen atoms in total. The van der Waals surface area contributed by atoms with Gasteiger partial charge in [0, 0.05) is 5.41 Å². The van der Waals surface area contributed by atoms with Crippen molar-refractivity contribution < 1.29 is 4.79 Å². The fraction of sp³-hybridized carbons (Fsp3) is 0.909. The molecule has 0 atom stereocenters. The van der Waals surface area contributed by atoms with Gasteiger partial charge in [0.05, 0.1) is 0 Å². The van der Waals surface area contributed by atoms with E-state index in [0.717, 1.165) is 12.8 Å². The maximum atomic E-state index is 11.0. The van der Waals surface area contributed by atoms with Crippen molar-refractivity contribution in [2.45, 2.75) is 51.9 Å². The average molecular weight is 166 g/mol. The van der Waals surface area contributed by atoms with Crippen LogP contribution in [0.2, 0.25) is 0 Å². The van der Waals surface area contributed by atoms with E-state index in [0.29, 0.717) is 5.41 Å². The van der Waals surface area contributed by atoms with Crippen LogP contribution in [0.1, 0.15) is 51.9 Å². The Bertz CT molecular complexity index is 185. The summed E-state index contributed by atoms with van der Waals surface area (Å²) >= 11 is 0. The maximum absolute atomic E-state index is 11.0. The Hall–Kier alpha value is -0.330. The second kappa shape index (κ2) is 2.58. The van der Waals surface area contributed by atoms with Crippen LogP contribution in [0.5, 0.6) is 0 Å². The molecule has 0 unspecified atom stereocenters. The monoisotopic (exact) mass is 166 g/mol. The Morgan fingerprint density at radius 1 is 1.00 bits per heavy atom. The first-order valence-electron chi connectivity index (χ1n) is 5.19. The summed E-state index contributed by atoms with van der Waals surface area (Å²) in [7, 11) is 0. The third-order valence-corrected chi connectivity index (χ3v) is 4.17. The molecule has 1 heteroatoms. The zero-order valence-corrected chi connectivity index (χ0v) is 7.94. The quantitative estimate of drug-likeness (QED) is 0.576. The summed E-state index contributed by atoms with van der Waals surface area (Å²) in [6.45, 7) is 2.33. The van der Waals surface area contributed by atoms with Gasteiger partial charge in [-0.3, -0.25) is 0 Å². The molecule has 0 aromatic carbocycles. The van der Waals surface area contributed by atoms with Crippen molar-refractivity contribution in [1.29, 1.82) is 0 Å². The molecule has 2 saturated carbocycles. The van der Waals surface area contributed by atoms with E-state index in [4.69, 9.17) is 0 Å². The molecule has 0 N–H and O–H groups in total. The smallest absolute Gasteiger partial charge is 0.126 e. The van der Waals surface area contributed by atoms with Gasteiger partial charge < -0.3 is 4.79 Å². The van der Waals surface area contributed by atoms with E-state index in [1.165, 1.54) is 38.4 Å². The molecule has 0 amide bonds. The Labute approximate surface area is 74.5 Å². The predicted molar refractivity (Wildman–Crippen MR) is 48.9 cm³/mol. The molecule has 2 rings (SSSR count). The van der Waals surface area contributed by atoms with E-state index >= 15 is 0 Å². The van der Waals surface area contributed by atoms with Crippen LogP contribution < -0.4 is 0 Å². The zero-order valence-electron chi connectivity index (χ0n) is 7.94. The number of hydrogen-bond donors (Lipinski definition) is 0. The minimum Gasteiger partial charge on any atom is -0.303 e. The first kappa shape index (κ1) is 8.28. The van der Waals surface area contributed by atoms with Gasteiger partial charge in [-0.25, -0.2) is 0 Å². The van der Waals surface area contributed by atoms with Gasteiger partial charge in [0.25, 0.3) is 0 Å². The van der Waals surface area contributed by atoms with Gasteiger partial charge in [0.15, 0.2) is 0 Å². The van der Waals surface area contributed by atoms with Crippen molar-refractivity contribution in [1.82, 2.24) is 0 Å². The van der Waals surface area contributed by atoms with Gasteiger partial charge in [0.1, 0.15) is 6.29 Å². The second-order valence-corrected chi connectivity index (χ2v) is 4.90. The molecular weight excluding hydrogens is 148 g/mol. The SMILES string of the molecule is CC1(C2(C=O)CC2)CCCCC1. The lowest BCUT2D eigenvalue weighted by Gasteiger charge is -2.38. The lowest BCUT2D eigenvalue weighted by molar-refractivity contribution is -0.117. The molecule has 2 fully saturated rings. The van der Waals surface area contributed by atoms with E-state index in [-0.39, 0.29) is 5.41 Å². The fourth-order valence-corrected chi connectivity index (χ4v) is 2.83. The standard InChI is InChI=1S/C11H18O/c1-10(5-3-2-4-6-10)11(9-12)7-8-11/h9H,2-8H2,1H3. The highest BCUT2D eigenvalue weighted by Gasteiger charge is 2.56. The zero-order chi connectivity index (χ0) is 8.66. The molecule has 0 bridgehead atoms. The van der Waals surface area contributed by atoms with Crippen LogP contribution >= 0.6 is 0 Å². The molecule has 2 aliphatic rings. The molecule has 0 aliphatic heterocycles. The molecule has 0 aromatic rings. The number of rotatable bonds is 2. The highest BCUT2D eigenvalue weighted by atomic mass is 16.1. The minimum absolute atomic E-state index is 0.118.